The third-order valence-electron chi connectivity index (χ3n) is 2.86. The standard InChI is InChI=1S/C13H19N3S/c1-5-16-11(8-9(2)15-16)13(14-4)12-7-6-10(3)17-12/h6-8,13-14H,5H2,1-4H3. The molecule has 2 heterocycles. The van der Waals surface area contributed by atoms with Gasteiger partial charge in [0.25, 0.3) is 0 Å². The van der Waals surface area contributed by atoms with E-state index in [9.17, 15) is 0 Å². The molecule has 0 aliphatic rings. The third-order valence-corrected chi connectivity index (χ3v) is 3.93. The molecule has 1 N–H and O–H groups in total. The molecule has 0 saturated carbocycles. The molecule has 17 heavy (non-hydrogen) atoms. The molecule has 0 aliphatic heterocycles. The maximum atomic E-state index is 4.51. The summed E-state index contributed by atoms with van der Waals surface area (Å²) in [7, 11) is 2.00. The van der Waals surface area contributed by atoms with Crippen LogP contribution in [0.4, 0.5) is 0 Å². The maximum Gasteiger partial charge on any atom is 0.0839 e. The summed E-state index contributed by atoms with van der Waals surface area (Å²) in [5, 5.41) is 7.90. The number of aromatic nitrogens is 2. The molecule has 1 unspecified atom stereocenters. The van der Waals surface area contributed by atoms with Crippen LogP contribution in [0.3, 0.4) is 0 Å². The average Bonchev–Trinajstić information content (AvgIpc) is 2.87. The van der Waals surface area contributed by atoms with Crippen LogP contribution < -0.4 is 5.32 Å². The normalized spacial score (nSPS) is 12.9. The Morgan fingerprint density at radius 1 is 1.41 bits per heavy atom. The van der Waals surface area contributed by atoms with Gasteiger partial charge in [-0.2, -0.15) is 5.10 Å². The molecule has 0 fully saturated rings. The second-order valence-electron chi connectivity index (χ2n) is 4.20. The van der Waals surface area contributed by atoms with Gasteiger partial charge in [-0.15, -0.1) is 11.3 Å². The Bertz CT molecular complexity index is 498. The first-order valence-corrected chi connectivity index (χ1v) is 6.75. The van der Waals surface area contributed by atoms with Gasteiger partial charge in [0, 0.05) is 16.3 Å². The molecule has 2 rings (SSSR count). The minimum atomic E-state index is 0.245. The van der Waals surface area contributed by atoms with Crippen molar-refractivity contribution < 1.29 is 0 Å². The molecule has 2 aromatic heterocycles. The van der Waals surface area contributed by atoms with Gasteiger partial charge < -0.3 is 5.32 Å². The molecule has 92 valence electrons. The number of thiophene rings is 1. The van der Waals surface area contributed by atoms with Gasteiger partial charge in [-0.3, -0.25) is 4.68 Å². The van der Waals surface area contributed by atoms with E-state index >= 15 is 0 Å². The predicted octanol–water partition coefficient (Wildman–Crippen LogP) is 2.89. The average molecular weight is 249 g/mol. The monoisotopic (exact) mass is 249 g/mol. The SMILES string of the molecule is CCn1nc(C)cc1C(NC)c1ccc(C)s1. The molecule has 2 aromatic rings. The van der Waals surface area contributed by atoms with Crippen LogP contribution in [-0.2, 0) is 6.54 Å². The minimum absolute atomic E-state index is 0.245. The van der Waals surface area contributed by atoms with Crippen LogP contribution in [0, 0.1) is 13.8 Å². The maximum absolute atomic E-state index is 4.51. The van der Waals surface area contributed by atoms with Crippen molar-refractivity contribution in [2.45, 2.75) is 33.4 Å². The highest BCUT2D eigenvalue weighted by atomic mass is 32.1. The number of hydrogen-bond donors (Lipinski definition) is 1. The zero-order valence-corrected chi connectivity index (χ0v) is 11.6. The number of rotatable bonds is 4. The van der Waals surface area contributed by atoms with Crippen LogP contribution in [0.1, 0.15) is 34.1 Å². The third kappa shape index (κ3) is 2.42. The quantitative estimate of drug-likeness (QED) is 0.903. The summed E-state index contributed by atoms with van der Waals surface area (Å²) in [6.45, 7) is 7.22. The van der Waals surface area contributed by atoms with Crippen molar-refractivity contribution in [2.24, 2.45) is 0 Å². The second kappa shape index (κ2) is 5.02. The predicted molar refractivity (Wildman–Crippen MR) is 72.6 cm³/mol. The van der Waals surface area contributed by atoms with Crippen LogP contribution in [-0.4, -0.2) is 16.8 Å². The summed E-state index contributed by atoms with van der Waals surface area (Å²) in [4.78, 5) is 2.69. The van der Waals surface area contributed by atoms with Crippen molar-refractivity contribution in [2.75, 3.05) is 7.05 Å². The summed E-state index contributed by atoms with van der Waals surface area (Å²) in [5.41, 5.74) is 2.32. The van der Waals surface area contributed by atoms with E-state index in [0.29, 0.717) is 0 Å². The number of hydrogen-bond acceptors (Lipinski definition) is 3. The lowest BCUT2D eigenvalue weighted by atomic mass is 10.1. The lowest BCUT2D eigenvalue weighted by Gasteiger charge is -2.15. The molecule has 4 heteroatoms. The lowest BCUT2D eigenvalue weighted by Crippen LogP contribution is -2.20. The van der Waals surface area contributed by atoms with E-state index in [1.54, 1.807) is 0 Å². The molecule has 0 saturated heterocycles. The summed E-state index contributed by atoms with van der Waals surface area (Å²) < 4.78 is 2.07. The molecule has 1 atom stereocenters. The van der Waals surface area contributed by atoms with Gasteiger partial charge in [0.2, 0.25) is 0 Å². The topological polar surface area (TPSA) is 29.9 Å². The van der Waals surface area contributed by atoms with E-state index < -0.39 is 0 Å². The van der Waals surface area contributed by atoms with Crippen molar-refractivity contribution in [1.82, 2.24) is 15.1 Å². The van der Waals surface area contributed by atoms with E-state index in [-0.39, 0.29) is 6.04 Å². The zero-order chi connectivity index (χ0) is 12.4. The van der Waals surface area contributed by atoms with Crippen LogP contribution in [0.2, 0.25) is 0 Å². The number of nitrogens with one attached hydrogen (secondary N) is 1. The summed E-state index contributed by atoms with van der Waals surface area (Å²) in [6.07, 6.45) is 0. The molecule has 0 amide bonds. The fourth-order valence-corrected chi connectivity index (χ4v) is 3.10. The van der Waals surface area contributed by atoms with Crippen LogP contribution >= 0.6 is 11.3 Å². The molecule has 0 aliphatic carbocycles. The highest BCUT2D eigenvalue weighted by Crippen LogP contribution is 2.28. The van der Waals surface area contributed by atoms with E-state index in [1.807, 2.05) is 25.3 Å². The van der Waals surface area contributed by atoms with E-state index in [0.717, 1.165) is 12.2 Å². The summed E-state index contributed by atoms with van der Waals surface area (Å²) in [5.74, 6) is 0. The van der Waals surface area contributed by atoms with Crippen molar-refractivity contribution >= 4 is 11.3 Å². The number of nitrogens with zero attached hydrogens (tertiary/aromatic N) is 2. The van der Waals surface area contributed by atoms with E-state index in [4.69, 9.17) is 0 Å². The van der Waals surface area contributed by atoms with Gasteiger partial charge in [0.05, 0.1) is 17.4 Å². The Labute approximate surface area is 106 Å². The Morgan fingerprint density at radius 2 is 2.18 bits per heavy atom. The van der Waals surface area contributed by atoms with Gasteiger partial charge in [0.15, 0.2) is 0 Å². The van der Waals surface area contributed by atoms with Gasteiger partial charge in [-0.25, -0.2) is 0 Å². The highest BCUT2D eigenvalue weighted by molar-refractivity contribution is 7.12. The van der Waals surface area contributed by atoms with Gasteiger partial charge in [-0.05, 0) is 46.0 Å². The molecular formula is C13H19N3S. The fraction of sp³-hybridized carbons (Fsp3) is 0.462. The second-order valence-corrected chi connectivity index (χ2v) is 5.52. The van der Waals surface area contributed by atoms with Gasteiger partial charge in [0.1, 0.15) is 0 Å². The van der Waals surface area contributed by atoms with E-state index in [1.165, 1.54) is 15.4 Å². The van der Waals surface area contributed by atoms with Crippen molar-refractivity contribution in [1.29, 1.82) is 0 Å². The molecule has 0 radical (unpaired) electrons. The van der Waals surface area contributed by atoms with E-state index in [2.05, 4.69) is 47.1 Å². The first-order valence-electron chi connectivity index (χ1n) is 5.93. The lowest BCUT2D eigenvalue weighted by molar-refractivity contribution is 0.565. The highest BCUT2D eigenvalue weighted by Gasteiger charge is 2.18. The smallest absolute Gasteiger partial charge is 0.0839 e. The molecular weight excluding hydrogens is 230 g/mol. The fourth-order valence-electron chi connectivity index (χ4n) is 2.10. The minimum Gasteiger partial charge on any atom is -0.307 e. The van der Waals surface area contributed by atoms with Crippen LogP contribution in [0.15, 0.2) is 18.2 Å². The van der Waals surface area contributed by atoms with Crippen molar-refractivity contribution in [3.63, 3.8) is 0 Å². The molecule has 0 aromatic carbocycles. The molecule has 0 spiro atoms. The first-order chi connectivity index (χ1) is 8.15. The molecule has 3 nitrogen and oxygen atoms in total. The van der Waals surface area contributed by atoms with Crippen molar-refractivity contribution in [3.05, 3.63) is 39.3 Å². The van der Waals surface area contributed by atoms with Crippen molar-refractivity contribution in [3.8, 4) is 0 Å². The Morgan fingerprint density at radius 3 is 2.71 bits per heavy atom. The zero-order valence-electron chi connectivity index (χ0n) is 10.8. The first kappa shape index (κ1) is 12.3. The Balaban J connectivity index is 2.41. The van der Waals surface area contributed by atoms with Gasteiger partial charge in [-0.1, -0.05) is 0 Å². The molecule has 0 bridgehead atoms. The number of aryl methyl sites for hydroxylation is 3. The van der Waals surface area contributed by atoms with Gasteiger partial charge >= 0.3 is 0 Å². The Hall–Kier alpha value is -1.13. The van der Waals surface area contributed by atoms with Crippen LogP contribution in [0.25, 0.3) is 0 Å². The van der Waals surface area contributed by atoms with Crippen LogP contribution in [0.5, 0.6) is 0 Å². The summed E-state index contributed by atoms with van der Waals surface area (Å²) in [6, 6.07) is 6.78. The Kier molecular flexibility index (Phi) is 3.64. The summed E-state index contributed by atoms with van der Waals surface area (Å²) >= 11 is 1.84. The largest absolute Gasteiger partial charge is 0.307 e.